The zero-order valence-electron chi connectivity index (χ0n) is 19.6. The Kier molecular flexibility index (Phi) is 6.05. The van der Waals surface area contributed by atoms with Gasteiger partial charge in [-0.1, -0.05) is 41.9 Å². The number of aromatic amines is 2. The molecule has 0 amide bonds. The van der Waals surface area contributed by atoms with Gasteiger partial charge in [-0.2, -0.15) is 0 Å². The van der Waals surface area contributed by atoms with Crippen molar-refractivity contribution in [3.63, 3.8) is 0 Å². The predicted octanol–water partition coefficient (Wildman–Crippen LogP) is 5.71. The fourth-order valence-corrected chi connectivity index (χ4v) is 4.85. The summed E-state index contributed by atoms with van der Waals surface area (Å²) in [5.74, 6) is 1.43. The van der Waals surface area contributed by atoms with E-state index in [9.17, 15) is 4.79 Å². The van der Waals surface area contributed by atoms with Crippen LogP contribution in [0.4, 0.5) is 0 Å². The minimum Gasteiger partial charge on any atom is -0.489 e. The summed E-state index contributed by atoms with van der Waals surface area (Å²) in [6.07, 6.45) is 2.78. The molecule has 7 heteroatoms. The van der Waals surface area contributed by atoms with Gasteiger partial charge >= 0.3 is 0 Å². The highest BCUT2D eigenvalue weighted by molar-refractivity contribution is 6.30. The van der Waals surface area contributed by atoms with Crippen LogP contribution in [0, 0.1) is 0 Å². The number of rotatable bonds is 6. The van der Waals surface area contributed by atoms with Crippen LogP contribution in [-0.2, 0) is 26.1 Å². The molecule has 5 aromatic rings. The van der Waals surface area contributed by atoms with E-state index < -0.39 is 0 Å². The standard InChI is InChI=1S/C29H25ClN4O2/c30-22-8-6-20(7-9-22)28-32-27-12-13-34(17-25(27)29(35)33-28)16-21-15-31-26-11-10-23(14-24(21)26)36-18-19-4-2-1-3-5-19/h1-11,14-15,31H,12-13,16-18H2,(H,32,33,35). The maximum Gasteiger partial charge on any atom is 0.255 e. The lowest BCUT2D eigenvalue weighted by molar-refractivity contribution is 0.242. The molecule has 1 aliphatic rings. The Labute approximate surface area is 213 Å². The fourth-order valence-electron chi connectivity index (χ4n) is 4.72. The van der Waals surface area contributed by atoms with Gasteiger partial charge in [0.1, 0.15) is 18.2 Å². The number of nitrogens with zero attached hydrogens (tertiary/aromatic N) is 2. The van der Waals surface area contributed by atoms with Crippen molar-refractivity contribution >= 4 is 22.5 Å². The van der Waals surface area contributed by atoms with E-state index >= 15 is 0 Å². The van der Waals surface area contributed by atoms with Crippen LogP contribution in [0.15, 0.2) is 83.8 Å². The Morgan fingerprint density at radius 2 is 1.86 bits per heavy atom. The molecular weight excluding hydrogens is 472 g/mol. The Bertz CT molecular complexity index is 1580. The van der Waals surface area contributed by atoms with Crippen LogP contribution < -0.4 is 10.3 Å². The van der Waals surface area contributed by atoms with Gasteiger partial charge in [0.25, 0.3) is 5.56 Å². The van der Waals surface area contributed by atoms with E-state index in [1.807, 2.05) is 42.6 Å². The fraction of sp³-hybridized carbons (Fsp3) is 0.172. The summed E-state index contributed by atoms with van der Waals surface area (Å²) < 4.78 is 6.04. The van der Waals surface area contributed by atoms with Crippen LogP contribution in [0.3, 0.4) is 0 Å². The van der Waals surface area contributed by atoms with Gasteiger partial charge in [0.15, 0.2) is 0 Å². The molecule has 2 aromatic heterocycles. The zero-order valence-corrected chi connectivity index (χ0v) is 20.4. The monoisotopic (exact) mass is 496 g/mol. The third kappa shape index (κ3) is 4.65. The van der Waals surface area contributed by atoms with Crippen molar-refractivity contribution in [1.82, 2.24) is 19.9 Å². The molecule has 0 unspecified atom stereocenters. The van der Waals surface area contributed by atoms with Crippen molar-refractivity contribution < 1.29 is 4.74 Å². The molecule has 3 aromatic carbocycles. The average molecular weight is 497 g/mol. The number of ether oxygens (including phenoxy) is 1. The van der Waals surface area contributed by atoms with Gasteiger partial charge in [-0.3, -0.25) is 9.69 Å². The van der Waals surface area contributed by atoms with Crippen molar-refractivity contribution in [1.29, 1.82) is 0 Å². The van der Waals surface area contributed by atoms with E-state index in [2.05, 4.69) is 39.1 Å². The first-order valence-corrected chi connectivity index (χ1v) is 12.4. The minimum absolute atomic E-state index is 0.0785. The van der Waals surface area contributed by atoms with E-state index in [1.54, 1.807) is 12.1 Å². The number of hydrogen-bond donors (Lipinski definition) is 2. The average Bonchev–Trinajstić information content (AvgIpc) is 3.30. The van der Waals surface area contributed by atoms with Crippen molar-refractivity contribution in [3.8, 4) is 17.1 Å². The molecule has 0 atom stereocenters. The molecule has 2 N–H and O–H groups in total. The summed E-state index contributed by atoms with van der Waals surface area (Å²) >= 11 is 6.00. The number of aromatic nitrogens is 3. The number of benzene rings is 3. The van der Waals surface area contributed by atoms with E-state index in [0.29, 0.717) is 24.0 Å². The molecule has 6 nitrogen and oxygen atoms in total. The summed E-state index contributed by atoms with van der Waals surface area (Å²) in [7, 11) is 0. The van der Waals surface area contributed by atoms with Crippen molar-refractivity contribution in [2.45, 2.75) is 26.1 Å². The molecule has 0 aliphatic carbocycles. The lowest BCUT2D eigenvalue weighted by Crippen LogP contribution is -2.35. The zero-order chi connectivity index (χ0) is 24.5. The maximum absolute atomic E-state index is 12.9. The van der Waals surface area contributed by atoms with Gasteiger partial charge in [-0.15, -0.1) is 0 Å². The number of fused-ring (bicyclic) bond motifs is 2. The first kappa shape index (κ1) is 22.6. The van der Waals surface area contributed by atoms with Crippen LogP contribution in [0.1, 0.15) is 22.4 Å². The molecule has 6 rings (SSSR count). The van der Waals surface area contributed by atoms with E-state index in [-0.39, 0.29) is 5.56 Å². The van der Waals surface area contributed by atoms with E-state index in [1.165, 1.54) is 5.56 Å². The molecule has 0 saturated heterocycles. The van der Waals surface area contributed by atoms with Crippen LogP contribution in [0.2, 0.25) is 5.02 Å². The number of H-pyrrole nitrogens is 2. The normalized spacial score (nSPS) is 13.6. The highest BCUT2D eigenvalue weighted by Gasteiger charge is 2.22. The van der Waals surface area contributed by atoms with Crippen molar-refractivity contribution in [3.05, 3.63) is 117 Å². The first-order chi connectivity index (χ1) is 17.6. The second kappa shape index (κ2) is 9.64. The van der Waals surface area contributed by atoms with Gasteiger partial charge in [-0.05, 0) is 53.6 Å². The van der Waals surface area contributed by atoms with Crippen molar-refractivity contribution in [2.75, 3.05) is 6.54 Å². The molecule has 0 spiro atoms. The Morgan fingerprint density at radius 1 is 1.03 bits per heavy atom. The summed E-state index contributed by atoms with van der Waals surface area (Å²) in [6.45, 7) is 2.67. The molecule has 0 fully saturated rings. The van der Waals surface area contributed by atoms with Gasteiger partial charge in [0, 0.05) is 53.7 Å². The topological polar surface area (TPSA) is 74.0 Å². The molecule has 36 heavy (non-hydrogen) atoms. The largest absolute Gasteiger partial charge is 0.489 e. The SMILES string of the molecule is O=c1[nH]c(-c2ccc(Cl)cc2)nc2c1CN(Cc1c[nH]c3ccc(OCc4ccccc4)cc13)CC2. The first-order valence-electron chi connectivity index (χ1n) is 12.0. The van der Waals surface area contributed by atoms with Gasteiger partial charge in [0.2, 0.25) is 0 Å². The molecule has 180 valence electrons. The van der Waals surface area contributed by atoms with Crippen LogP contribution >= 0.6 is 11.6 Å². The molecule has 0 bridgehead atoms. The maximum atomic E-state index is 12.9. The third-order valence-electron chi connectivity index (χ3n) is 6.65. The summed E-state index contributed by atoms with van der Waals surface area (Å²) in [5, 5.41) is 1.79. The Hall–Kier alpha value is -3.87. The molecule has 1 aliphatic heterocycles. The number of halogens is 1. The van der Waals surface area contributed by atoms with Gasteiger partial charge in [-0.25, -0.2) is 4.98 Å². The second-order valence-corrected chi connectivity index (χ2v) is 9.54. The molecular formula is C29H25ClN4O2. The summed E-state index contributed by atoms with van der Waals surface area (Å²) in [5.41, 5.74) is 5.77. The second-order valence-electron chi connectivity index (χ2n) is 9.10. The van der Waals surface area contributed by atoms with E-state index in [0.717, 1.165) is 58.5 Å². The van der Waals surface area contributed by atoms with Crippen molar-refractivity contribution in [2.24, 2.45) is 0 Å². The third-order valence-corrected chi connectivity index (χ3v) is 6.90. The highest BCUT2D eigenvalue weighted by Crippen LogP contribution is 2.27. The smallest absolute Gasteiger partial charge is 0.255 e. The minimum atomic E-state index is -0.0785. The predicted molar refractivity (Wildman–Crippen MR) is 142 cm³/mol. The molecule has 0 radical (unpaired) electrons. The lowest BCUT2D eigenvalue weighted by atomic mass is 10.0. The number of nitrogens with one attached hydrogen (secondary N) is 2. The molecule has 0 saturated carbocycles. The summed E-state index contributed by atoms with van der Waals surface area (Å²) in [6, 6.07) is 23.6. The Morgan fingerprint density at radius 3 is 2.69 bits per heavy atom. The summed E-state index contributed by atoms with van der Waals surface area (Å²) in [4.78, 5) is 26.3. The highest BCUT2D eigenvalue weighted by atomic mass is 35.5. The quantitative estimate of drug-likeness (QED) is 0.316. The van der Waals surface area contributed by atoms with Crippen LogP contribution in [0.5, 0.6) is 5.75 Å². The van der Waals surface area contributed by atoms with Crippen LogP contribution in [-0.4, -0.2) is 26.4 Å². The lowest BCUT2D eigenvalue weighted by Gasteiger charge is -2.27. The Balaban J connectivity index is 1.19. The van der Waals surface area contributed by atoms with E-state index in [4.69, 9.17) is 21.3 Å². The van der Waals surface area contributed by atoms with Gasteiger partial charge < -0.3 is 14.7 Å². The number of hydrogen-bond acceptors (Lipinski definition) is 4. The van der Waals surface area contributed by atoms with Gasteiger partial charge in [0.05, 0.1) is 11.3 Å². The van der Waals surface area contributed by atoms with Crippen LogP contribution in [0.25, 0.3) is 22.3 Å². The molecule has 3 heterocycles.